The second kappa shape index (κ2) is 6.43. The molecule has 0 saturated heterocycles. The third-order valence-electron chi connectivity index (χ3n) is 3.84. The Balaban J connectivity index is 2.50. The van der Waals surface area contributed by atoms with Gasteiger partial charge in [-0.15, -0.1) is 0 Å². The summed E-state index contributed by atoms with van der Waals surface area (Å²) in [4.78, 5) is 0. The molecule has 5 heteroatoms. The van der Waals surface area contributed by atoms with Crippen LogP contribution in [0, 0.1) is 13.8 Å². The van der Waals surface area contributed by atoms with Crippen LogP contribution in [0.1, 0.15) is 41.9 Å². The van der Waals surface area contributed by atoms with Gasteiger partial charge in [0.25, 0.3) is 0 Å². The first-order chi connectivity index (χ1) is 10.1. The lowest BCUT2D eigenvalue weighted by Crippen LogP contribution is -2.22. The van der Waals surface area contributed by atoms with Crippen molar-refractivity contribution < 1.29 is 5.21 Å². The maximum atomic E-state index is 8.89. The van der Waals surface area contributed by atoms with Crippen molar-refractivity contribution >= 4 is 5.84 Å². The first-order valence-corrected chi connectivity index (χ1v) is 7.14. The van der Waals surface area contributed by atoms with E-state index in [1.165, 1.54) is 5.56 Å². The van der Waals surface area contributed by atoms with Crippen molar-refractivity contribution in [3.8, 4) is 0 Å². The van der Waals surface area contributed by atoms with Crippen molar-refractivity contribution in [3.63, 3.8) is 0 Å². The number of nitrogens with zero attached hydrogens (tertiary/aromatic N) is 3. The Morgan fingerprint density at radius 3 is 2.52 bits per heavy atom. The van der Waals surface area contributed by atoms with Crippen LogP contribution >= 0.6 is 0 Å². The van der Waals surface area contributed by atoms with Crippen LogP contribution in [0.3, 0.4) is 0 Å². The second-order valence-electron chi connectivity index (χ2n) is 5.17. The Kier molecular flexibility index (Phi) is 4.62. The highest BCUT2D eigenvalue weighted by Crippen LogP contribution is 2.26. The van der Waals surface area contributed by atoms with Crippen molar-refractivity contribution in [2.75, 3.05) is 0 Å². The third kappa shape index (κ3) is 3.07. The molecule has 1 unspecified atom stereocenters. The molecule has 0 amide bonds. The standard InChI is InChI=1S/C16H22N4O/c1-4-14-11(2)18-20(12(14)3)15(10-16(17)19-21)13-8-6-5-7-9-13/h5-9,15,21H,4,10H2,1-3H3,(H2,17,19). The molecule has 0 saturated carbocycles. The zero-order valence-corrected chi connectivity index (χ0v) is 12.7. The largest absolute Gasteiger partial charge is 0.409 e. The Hall–Kier alpha value is -2.30. The third-order valence-corrected chi connectivity index (χ3v) is 3.84. The summed E-state index contributed by atoms with van der Waals surface area (Å²) in [6.07, 6.45) is 1.37. The van der Waals surface area contributed by atoms with Crippen LogP contribution in [0.4, 0.5) is 0 Å². The van der Waals surface area contributed by atoms with E-state index in [0.717, 1.165) is 23.4 Å². The van der Waals surface area contributed by atoms with Crippen LogP contribution in [-0.2, 0) is 6.42 Å². The van der Waals surface area contributed by atoms with Gasteiger partial charge in [-0.05, 0) is 31.4 Å². The highest BCUT2D eigenvalue weighted by Gasteiger charge is 2.21. The van der Waals surface area contributed by atoms with Gasteiger partial charge in [0, 0.05) is 12.1 Å². The molecular formula is C16H22N4O. The van der Waals surface area contributed by atoms with E-state index in [1.54, 1.807) is 0 Å². The Morgan fingerprint density at radius 1 is 1.33 bits per heavy atom. The van der Waals surface area contributed by atoms with Crippen LogP contribution in [-0.4, -0.2) is 20.8 Å². The van der Waals surface area contributed by atoms with Gasteiger partial charge in [0.15, 0.2) is 0 Å². The summed E-state index contributed by atoms with van der Waals surface area (Å²) in [5.74, 6) is 0.203. The lowest BCUT2D eigenvalue weighted by molar-refractivity contribution is 0.315. The second-order valence-corrected chi connectivity index (χ2v) is 5.17. The molecule has 21 heavy (non-hydrogen) atoms. The molecule has 1 heterocycles. The fourth-order valence-electron chi connectivity index (χ4n) is 2.77. The number of hydrogen-bond donors (Lipinski definition) is 2. The van der Waals surface area contributed by atoms with E-state index in [4.69, 9.17) is 10.9 Å². The van der Waals surface area contributed by atoms with Gasteiger partial charge in [-0.2, -0.15) is 5.10 Å². The Labute approximate surface area is 125 Å². The molecular weight excluding hydrogens is 264 g/mol. The highest BCUT2D eigenvalue weighted by atomic mass is 16.4. The molecule has 0 fully saturated rings. The van der Waals surface area contributed by atoms with Gasteiger partial charge in [0.1, 0.15) is 5.84 Å². The fourth-order valence-corrected chi connectivity index (χ4v) is 2.77. The van der Waals surface area contributed by atoms with Gasteiger partial charge in [0.2, 0.25) is 0 Å². The lowest BCUT2D eigenvalue weighted by atomic mass is 10.0. The topological polar surface area (TPSA) is 76.4 Å². The van der Waals surface area contributed by atoms with Crippen molar-refractivity contribution in [1.29, 1.82) is 0 Å². The van der Waals surface area contributed by atoms with Crippen molar-refractivity contribution in [2.24, 2.45) is 10.9 Å². The van der Waals surface area contributed by atoms with E-state index in [9.17, 15) is 0 Å². The first kappa shape index (κ1) is 15.1. The molecule has 1 aromatic carbocycles. The van der Waals surface area contributed by atoms with Gasteiger partial charge in [0.05, 0.1) is 11.7 Å². The van der Waals surface area contributed by atoms with Crippen LogP contribution in [0.5, 0.6) is 0 Å². The van der Waals surface area contributed by atoms with Crippen molar-refractivity contribution in [2.45, 2.75) is 39.7 Å². The molecule has 0 spiro atoms. The average Bonchev–Trinajstić information content (AvgIpc) is 2.79. The first-order valence-electron chi connectivity index (χ1n) is 7.14. The Morgan fingerprint density at radius 2 is 2.00 bits per heavy atom. The van der Waals surface area contributed by atoms with Crippen LogP contribution in [0.2, 0.25) is 0 Å². The van der Waals surface area contributed by atoms with Gasteiger partial charge in [-0.1, -0.05) is 42.4 Å². The zero-order valence-electron chi connectivity index (χ0n) is 12.7. The summed E-state index contributed by atoms with van der Waals surface area (Å²) < 4.78 is 1.99. The predicted octanol–water partition coefficient (Wildman–Crippen LogP) is 2.79. The summed E-state index contributed by atoms with van der Waals surface area (Å²) in [6, 6.07) is 9.96. The molecule has 3 N–H and O–H groups in total. The molecule has 2 aromatic rings. The molecule has 1 aromatic heterocycles. The monoisotopic (exact) mass is 286 g/mol. The average molecular weight is 286 g/mol. The summed E-state index contributed by atoms with van der Waals surface area (Å²) in [5, 5.41) is 16.7. The zero-order chi connectivity index (χ0) is 15.4. The van der Waals surface area contributed by atoms with Crippen molar-refractivity contribution in [1.82, 2.24) is 9.78 Å². The molecule has 0 aliphatic heterocycles. The number of rotatable bonds is 5. The molecule has 5 nitrogen and oxygen atoms in total. The van der Waals surface area contributed by atoms with E-state index in [-0.39, 0.29) is 11.9 Å². The maximum Gasteiger partial charge on any atom is 0.141 e. The molecule has 0 radical (unpaired) electrons. The number of nitrogens with two attached hydrogens (primary N) is 1. The van der Waals surface area contributed by atoms with Gasteiger partial charge < -0.3 is 10.9 Å². The lowest BCUT2D eigenvalue weighted by Gasteiger charge is -2.19. The number of amidine groups is 1. The van der Waals surface area contributed by atoms with E-state index >= 15 is 0 Å². The molecule has 112 valence electrons. The normalized spacial score (nSPS) is 13.4. The van der Waals surface area contributed by atoms with Gasteiger partial charge in [-0.3, -0.25) is 4.68 Å². The van der Waals surface area contributed by atoms with E-state index < -0.39 is 0 Å². The molecule has 0 aliphatic rings. The Bertz CT molecular complexity index is 631. The number of benzene rings is 1. The summed E-state index contributed by atoms with van der Waals surface area (Å²) in [5.41, 5.74) is 10.3. The maximum absolute atomic E-state index is 8.89. The van der Waals surface area contributed by atoms with E-state index in [2.05, 4.69) is 24.1 Å². The number of hydrogen-bond acceptors (Lipinski definition) is 3. The minimum Gasteiger partial charge on any atom is -0.409 e. The van der Waals surface area contributed by atoms with E-state index in [0.29, 0.717) is 6.42 Å². The number of aryl methyl sites for hydroxylation is 1. The quantitative estimate of drug-likeness (QED) is 0.384. The van der Waals surface area contributed by atoms with Crippen LogP contribution in [0.15, 0.2) is 35.5 Å². The number of oxime groups is 1. The molecule has 0 aliphatic carbocycles. The van der Waals surface area contributed by atoms with Gasteiger partial charge >= 0.3 is 0 Å². The fraction of sp³-hybridized carbons (Fsp3) is 0.375. The number of aromatic nitrogens is 2. The highest BCUT2D eigenvalue weighted by molar-refractivity contribution is 5.80. The summed E-state index contributed by atoms with van der Waals surface area (Å²) in [7, 11) is 0. The predicted molar refractivity (Wildman–Crippen MR) is 83.7 cm³/mol. The minimum absolute atomic E-state index is 0.0684. The SMILES string of the molecule is CCc1c(C)nn(C(CC(N)=NO)c2ccccc2)c1C. The van der Waals surface area contributed by atoms with E-state index in [1.807, 2.05) is 41.9 Å². The summed E-state index contributed by atoms with van der Waals surface area (Å²) >= 11 is 0. The summed E-state index contributed by atoms with van der Waals surface area (Å²) in [6.45, 7) is 6.22. The van der Waals surface area contributed by atoms with Crippen LogP contribution < -0.4 is 5.73 Å². The minimum atomic E-state index is -0.0684. The van der Waals surface area contributed by atoms with Gasteiger partial charge in [-0.25, -0.2) is 0 Å². The molecule has 1 atom stereocenters. The van der Waals surface area contributed by atoms with Crippen molar-refractivity contribution in [3.05, 3.63) is 52.8 Å². The molecule has 2 rings (SSSR count). The molecule has 0 bridgehead atoms. The smallest absolute Gasteiger partial charge is 0.141 e. The van der Waals surface area contributed by atoms with Crippen LogP contribution in [0.25, 0.3) is 0 Å².